The summed E-state index contributed by atoms with van der Waals surface area (Å²) < 4.78 is 11.5. The Balaban J connectivity index is 1.20. The number of aliphatic imine (C=N–C) groups is 1. The van der Waals surface area contributed by atoms with Crippen molar-refractivity contribution in [1.29, 1.82) is 0 Å². The van der Waals surface area contributed by atoms with Crippen LogP contribution in [0.25, 0.3) is 10.8 Å². The number of nitrogens with zero attached hydrogens (tertiary/aromatic N) is 2. The monoisotopic (exact) mass is 486 g/mol. The zero-order valence-corrected chi connectivity index (χ0v) is 19.9. The molecule has 9 heteroatoms. The Kier molecular flexibility index (Phi) is 7.30. The van der Waals surface area contributed by atoms with E-state index in [1.807, 2.05) is 54.6 Å². The lowest BCUT2D eigenvalue weighted by atomic mass is 10.1. The Morgan fingerprint density at radius 2 is 1.94 bits per heavy atom. The molecule has 0 aliphatic carbocycles. The number of hydrogen-bond donors (Lipinski definition) is 4. The molecule has 1 atom stereocenters. The number of anilines is 2. The van der Waals surface area contributed by atoms with Gasteiger partial charge in [-0.25, -0.2) is 4.99 Å². The number of morpholine rings is 1. The molecule has 0 saturated carbocycles. The highest BCUT2D eigenvalue weighted by molar-refractivity contribution is 5.99. The fourth-order valence-electron chi connectivity index (χ4n) is 4.21. The minimum absolute atomic E-state index is 0.109. The van der Waals surface area contributed by atoms with E-state index >= 15 is 0 Å². The number of hydrogen-bond acceptors (Lipinski definition) is 8. The second kappa shape index (κ2) is 11.1. The number of rotatable bonds is 7. The summed E-state index contributed by atoms with van der Waals surface area (Å²) in [6, 6.07) is 18.9. The van der Waals surface area contributed by atoms with Crippen LogP contribution in [0, 0.1) is 0 Å². The third-order valence-corrected chi connectivity index (χ3v) is 6.11. The lowest BCUT2D eigenvalue weighted by Gasteiger charge is -2.26. The number of carbonyl (C=O) groups excluding carboxylic acids is 1. The zero-order chi connectivity index (χ0) is 24.7. The van der Waals surface area contributed by atoms with Gasteiger partial charge in [-0.2, -0.15) is 0 Å². The third kappa shape index (κ3) is 5.76. The molecule has 2 aliphatic rings. The average Bonchev–Trinajstić information content (AvgIpc) is 2.91. The van der Waals surface area contributed by atoms with Gasteiger partial charge in [0.05, 0.1) is 13.2 Å². The normalized spacial score (nSPS) is 17.8. The van der Waals surface area contributed by atoms with E-state index in [2.05, 4.69) is 25.8 Å². The standard InChI is InChI=1S/C27H30N6O3/c28-23-8-9-24(22-7-2-1-6-21(22)23)36-25-10-11-30-27(32-25)31-20-5-3-4-19(18-20)26(34)29-12-13-33-14-16-35-17-15-33/h1-11,18,25H,12-17,28H2,(H,29,34)(H2,30,31,32). The smallest absolute Gasteiger partial charge is 0.251 e. The maximum absolute atomic E-state index is 12.6. The Labute approximate surface area is 210 Å². The van der Waals surface area contributed by atoms with Crippen LogP contribution in [0.15, 0.2) is 77.9 Å². The van der Waals surface area contributed by atoms with E-state index in [0.29, 0.717) is 29.5 Å². The molecule has 1 unspecified atom stereocenters. The van der Waals surface area contributed by atoms with Crippen molar-refractivity contribution in [3.63, 3.8) is 0 Å². The number of carbonyl (C=O) groups is 1. The number of fused-ring (bicyclic) bond motifs is 1. The van der Waals surface area contributed by atoms with E-state index in [1.54, 1.807) is 18.3 Å². The van der Waals surface area contributed by atoms with Gasteiger partial charge in [-0.15, -0.1) is 0 Å². The van der Waals surface area contributed by atoms with Gasteiger partial charge >= 0.3 is 0 Å². The summed E-state index contributed by atoms with van der Waals surface area (Å²) in [5.74, 6) is 1.11. The molecule has 3 aromatic carbocycles. The van der Waals surface area contributed by atoms with Crippen LogP contribution in [0.3, 0.4) is 0 Å². The van der Waals surface area contributed by atoms with Crippen LogP contribution in [0.4, 0.5) is 11.4 Å². The predicted molar refractivity (Wildman–Crippen MR) is 142 cm³/mol. The van der Waals surface area contributed by atoms with Gasteiger partial charge < -0.3 is 31.2 Å². The molecular weight excluding hydrogens is 456 g/mol. The summed E-state index contributed by atoms with van der Waals surface area (Å²) in [4.78, 5) is 19.5. The van der Waals surface area contributed by atoms with Gasteiger partial charge in [-0.1, -0.05) is 30.3 Å². The van der Waals surface area contributed by atoms with Crippen molar-refractivity contribution < 1.29 is 14.3 Å². The number of amides is 1. The second-order valence-electron chi connectivity index (χ2n) is 8.60. The minimum Gasteiger partial charge on any atom is -0.464 e. The van der Waals surface area contributed by atoms with Crippen LogP contribution in [0.1, 0.15) is 10.4 Å². The Morgan fingerprint density at radius 3 is 2.81 bits per heavy atom. The van der Waals surface area contributed by atoms with Gasteiger partial charge in [0, 0.05) is 60.1 Å². The molecule has 1 fully saturated rings. The molecule has 1 saturated heterocycles. The van der Waals surface area contributed by atoms with Gasteiger partial charge in [-0.05, 0) is 36.4 Å². The van der Waals surface area contributed by atoms with Crippen molar-refractivity contribution in [2.24, 2.45) is 4.99 Å². The SMILES string of the molecule is Nc1ccc(OC2C=CNC(Nc3cccc(C(=O)NCCN4CCOCC4)c3)=N2)c2ccccc12. The highest BCUT2D eigenvalue weighted by atomic mass is 16.5. The topological polar surface area (TPSA) is 113 Å². The Morgan fingerprint density at radius 1 is 1.11 bits per heavy atom. The van der Waals surface area contributed by atoms with Gasteiger partial charge in [-0.3, -0.25) is 9.69 Å². The molecule has 2 aliphatic heterocycles. The maximum atomic E-state index is 12.6. The molecule has 9 nitrogen and oxygen atoms in total. The number of guanidine groups is 1. The van der Waals surface area contributed by atoms with Crippen molar-refractivity contribution >= 4 is 34.0 Å². The molecule has 0 spiro atoms. The van der Waals surface area contributed by atoms with E-state index in [-0.39, 0.29) is 5.91 Å². The van der Waals surface area contributed by atoms with Crippen LogP contribution < -0.4 is 26.4 Å². The first-order valence-electron chi connectivity index (χ1n) is 12.1. The van der Waals surface area contributed by atoms with Crippen molar-refractivity contribution in [3.8, 4) is 5.75 Å². The van der Waals surface area contributed by atoms with Crippen molar-refractivity contribution in [2.75, 3.05) is 50.4 Å². The first-order chi connectivity index (χ1) is 17.7. The molecule has 3 aromatic rings. The molecule has 1 amide bonds. The molecule has 5 N–H and O–H groups in total. The van der Waals surface area contributed by atoms with Crippen molar-refractivity contribution in [2.45, 2.75) is 6.23 Å². The van der Waals surface area contributed by atoms with Crippen LogP contribution in [-0.4, -0.2) is 62.4 Å². The van der Waals surface area contributed by atoms with E-state index < -0.39 is 6.23 Å². The largest absolute Gasteiger partial charge is 0.464 e. The highest BCUT2D eigenvalue weighted by Crippen LogP contribution is 2.31. The van der Waals surface area contributed by atoms with Gasteiger partial charge in [0.1, 0.15) is 5.75 Å². The number of nitrogen functional groups attached to an aromatic ring is 1. The van der Waals surface area contributed by atoms with E-state index in [1.165, 1.54) is 0 Å². The number of nitrogens with two attached hydrogens (primary N) is 1. The first kappa shape index (κ1) is 23.7. The quantitative estimate of drug-likeness (QED) is 0.380. The molecule has 0 bridgehead atoms. The van der Waals surface area contributed by atoms with Gasteiger partial charge in [0.25, 0.3) is 5.91 Å². The lowest BCUT2D eigenvalue weighted by Crippen LogP contribution is -2.41. The Hall–Kier alpha value is -4.08. The van der Waals surface area contributed by atoms with Gasteiger partial charge in [0.2, 0.25) is 12.2 Å². The molecular formula is C27H30N6O3. The summed E-state index contributed by atoms with van der Waals surface area (Å²) >= 11 is 0. The van der Waals surface area contributed by atoms with Crippen LogP contribution >= 0.6 is 0 Å². The summed E-state index contributed by atoms with van der Waals surface area (Å²) in [7, 11) is 0. The summed E-state index contributed by atoms with van der Waals surface area (Å²) in [5.41, 5.74) is 8.14. The number of ether oxygens (including phenoxy) is 2. The maximum Gasteiger partial charge on any atom is 0.251 e. The molecule has 2 heterocycles. The van der Waals surface area contributed by atoms with Crippen LogP contribution in [0.5, 0.6) is 5.75 Å². The van der Waals surface area contributed by atoms with Crippen molar-refractivity contribution in [3.05, 3.63) is 78.5 Å². The van der Waals surface area contributed by atoms with Crippen LogP contribution in [-0.2, 0) is 4.74 Å². The predicted octanol–water partition coefficient (Wildman–Crippen LogP) is 2.77. The average molecular weight is 487 g/mol. The molecule has 0 radical (unpaired) electrons. The van der Waals surface area contributed by atoms with Crippen molar-refractivity contribution in [1.82, 2.24) is 15.5 Å². The lowest BCUT2D eigenvalue weighted by molar-refractivity contribution is 0.0383. The minimum atomic E-state index is -0.521. The third-order valence-electron chi connectivity index (χ3n) is 6.11. The summed E-state index contributed by atoms with van der Waals surface area (Å²) in [5, 5.41) is 11.2. The summed E-state index contributed by atoms with van der Waals surface area (Å²) in [6.07, 6.45) is 3.09. The Bertz CT molecular complexity index is 1290. The van der Waals surface area contributed by atoms with Gasteiger partial charge in [0.15, 0.2) is 0 Å². The fourth-order valence-corrected chi connectivity index (χ4v) is 4.21. The first-order valence-corrected chi connectivity index (χ1v) is 12.1. The molecule has 186 valence electrons. The van der Waals surface area contributed by atoms with E-state index in [0.717, 1.165) is 49.3 Å². The number of nitrogens with one attached hydrogen (secondary N) is 3. The molecule has 5 rings (SSSR count). The number of benzene rings is 3. The molecule has 0 aromatic heterocycles. The van der Waals surface area contributed by atoms with Crippen LogP contribution in [0.2, 0.25) is 0 Å². The highest BCUT2D eigenvalue weighted by Gasteiger charge is 2.15. The van der Waals surface area contributed by atoms with E-state index in [4.69, 9.17) is 15.2 Å². The fraction of sp³-hybridized carbons (Fsp3) is 0.259. The summed E-state index contributed by atoms with van der Waals surface area (Å²) in [6.45, 7) is 4.70. The molecule has 36 heavy (non-hydrogen) atoms. The second-order valence-corrected chi connectivity index (χ2v) is 8.60. The van der Waals surface area contributed by atoms with E-state index in [9.17, 15) is 4.79 Å². The zero-order valence-electron chi connectivity index (χ0n) is 19.9.